The molecule has 0 heterocycles. The maximum Gasteiger partial charge on any atom is 0.120 e. The highest BCUT2D eigenvalue weighted by molar-refractivity contribution is 9.10. The van der Waals surface area contributed by atoms with Crippen LogP contribution in [-0.4, -0.2) is 5.11 Å². The summed E-state index contributed by atoms with van der Waals surface area (Å²) in [6, 6.07) is 13.4. The van der Waals surface area contributed by atoms with Gasteiger partial charge < -0.3 is 10.4 Å². The molecule has 19 heavy (non-hydrogen) atoms. The molecule has 0 saturated heterocycles. The smallest absolute Gasteiger partial charge is 0.120 e. The third-order valence-electron chi connectivity index (χ3n) is 3.01. The van der Waals surface area contributed by atoms with E-state index in [-0.39, 0.29) is 6.04 Å². The van der Waals surface area contributed by atoms with E-state index in [1.807, 2.05) is 36.4 Å². The van der Waals surface area contributed by atoms with Gasteiger partial charge in [0.05, 0.1) is 0 Å². The Balaban J connectivity index is 2.02. The Bertz CT molecular complexity index is 557. The van der Waals surface area contributed by atoms with Crippen LogP contribution in [0.1, 0.15) is 24.1 Å². The summed E-state index contributed by atoms with van der Waals surface area (Å²) in [6.45, 7) is 2.69. The van der Waals surface area contributed by atoms with Crippen molar-refractivity contribution in [2.75, 3.05) is 0 Å². The van der Waals surface area contributed by atoms with Gasteiger partial charge in [-0.25, -0.2) is 0 Å². The molecule has 0 amide bonds. The zero-order chi connectivity index (χ0) is 13.8. The zero-order valence-corrected chi connectivity index (χ0v) is 12.9. The van der Waals surface area contributed by atoms with Crippen molar-refractivity contribution in [1.82, 2.24) is 5.32 Å². The molecule has 4 heteroatoms. The molecule has 1 atom stereocenters. The van der Waals surface area contributed by atoms with Gasteiger partial charge in [0.15, 0.2) is 0 Å². The highest BCUT2D eigenvalue weighted by Gasteiger charge is 2.07. The first-order valence-electron chi connectivity index (χ1n) is 6.02. The summed E-state index contributed by atoms with van der Waals surface area (Å²) in [5, 5.41) is 13.9. The number of rotatable bonds is 4. The second-order valence-corrected chi connectivity index (χ2v) is 5.78. The minimum absolute atomic E-state index is 0.190. The largest absolute Gasteiger partial charge is 0.508 e. The Morgan fingerprint density at radius 2 is 1.89 bits per heavy atom. The van der Waals surface area contributed by atoms with Gasteiger partial charge in [-0.2, -0.15) is 0 Å². The van der Waals surface area contributed by atoms with Gasteiger partial charge in [0.25, 0.3) is 0 Å². The third-order valence-corrected chi connectivity index (χ3v) is 3.76. The third kappa shape index (κ3) is 3.96. The molecule has 0 fully saturated rings. The summed E-state index contributed by atoms with van der Waals surface area (Å²) in [4.78, 5) is 0. The summed E-state index contributed by atoms with van der Waals surface area (Å²) in [6.07, 6.45) is 0. The van der Waals surface area contributed by atoms with Crippen molar-refractivity contribution in [1.29, 1.82) is 0 Å². The van der Waals surface area contributed by atoms with Gasteiger partial charge >= 0.3 is 0 Å². The molecular formula is C15H15BrClNO. The molecule has 0 spiro atoms. The van der Waals surface area contributed by atoms with E-state index in [2.05, 4.69) is 28.2 Å². The molecule has 0 unspecified atom stereocenters. The monoisotopic (exact) mass is 339 g/mol. The zero-order valence-electron chi connectivity index (χ0n) is 10.5. The molecule has 0 aliphatic heterocycles. The van der Waals surface area contributed by atoms with E-state index in [9.17, 15) is 5.11 Å². The van der Waals surface area contributed by atoms with E-state index in [1.165, 1.54) is 5.56 Å². The predicted molar refractivity (Wildman–Crippen MR) is 82.5 cm³/mol. The first-order valence-corrected chi connectivity index (χ1v) is 7.19. The second-order valence-electron chi connectivity index (χ2n) is 4.43. The van der Waals surface area contributed by atoms with Crippen LogP contribution in [0.2, 0.25) is 5.02 Å². The van der Waals surface area contributed by atoms with Crippen molar-refractivity contribution in [3.8, 4) is 5.75 Å². The van der Waals surface area contributed by atoms with E-state index in [4.69, 9.17) is 11.6 Å². The molecule has 0 saturated carbocycles. The summed E-state index contributed by atoms with van der Waals surface area (Å²) >= 11 is 9.27. The van der Waals surface area contributed by atoms with Gasteiger partial charge in [0, 0.05) is 27.6 Å². The highest BCUT2D eigenvalue weighted by atomic mass is 79.9. The normalized spacial score (nSPS) is 12.4. The Morgan fingerprint density at radius 1 is 1.21 bits per heavy atom. The topological polar surface area (TPSA) is 32.3 Å². The SMILES string of the molecule is C[C@@H](NCc1cc(Br)ccc1O)c1ccc(Cl)cc1. The van der Waals surface area contributed by atoms with Crippen LogP contribution in [0.5, 0.6) is 5.75 Å². The van der Waals surface area contributed by atoms with Gasteiger partial charge in [0.1, 0.15) is 5.75 Å². The fourth-order valence-electron chi connectivity index (χ4n) is 1.83. The molecule has 2 N–H and O–H groups in total. The van der Waals surface area contributed by atoms with Crippen LogP contribution < -0.4 is 5.32 Å². The number of halogens is 2. The van der Waals surface area contributed by atoms with Crippen LogP contribution in [0, 0.1) is 0 Å². The lowest BCUT2D eigenvalue weighted by atomic mass is 10.1. The van der Waals surface area contributed by atoms with Crippen LogP contribution in [0.4, 0.5) is 0 Å². The number of phenolic OH excluding ortho intramolecular Hbond substituents is 1. The highest BCUT2D eigenvalue weighted by Crippen LogP contribution is 2.23. The van der Waals surface area contributed by atoms with Crippen molar-refractivity contribution in [3.63, 3.8) is 0 Å². The van der Waals surface area contributed by atoms with E-state index in [0.717, 1.165) is 15.1 Å². The summed E-state index contributed by atoms with van der Waals surface area (Å²) in [7, 11) is 0. The fourth-order valence-corrected chi connectivity index (χ4v) is 2.36. The average molecular weight is 341 g/mol. The van der Waals surface area contributed by atoms with Gasteiger partial charge in [-0.05, 0) is 42.8 Å². The number of phenols is 1. The quantitative estimate of drug-likeness (QED) is 0.848. The molecular weight excluding hydrogens is 326 g/mol. The molecule has 2 aromatic rings. The van der Waals surface area contributed by atoms with Crippen LogP contribution in [0.15, 0.2) is 46.9 Å². The minimum atomic E-state index is 0.190. The second kappa shape index (κ2) is 6.42. The maximum absolute atomic E-state index is 9.78. The lowest BCUT2D eigenvalue weighted by Gasteiger charge is -2.15. The van der Waals surface area contributed by atoms with Crippen LogP contribution in [-0.2, 0) is 6.54 Å². The van der Waals surface area contributed by atoms with Gasteiger partial charge in [-0.1, -0.05) is 39.7 Å². The molecule has 0 aliphatic carbocycles. The summed E-state index contributed by atoms with van der Waals surface area (Å²) in [5.74, 6) is 0.305. The molecule has 0 bridgehead atoms. The Hall–Kier alpha value is -1.03. The first kappa shape index (κ1) is 14.4. The lowest BCUT2D eigenvalue weighted by Crippen LogP contribution is -2.18. The number of benzene rings is 2. The van der Waals surface area contributed by atoms with Crippen LogP contribution in [0.25, 0.3) is 0 Å². The van der Waals surface area contributed by atoms with E-state index in [1.54, 1.807) is 6.07 Å². The maximum atomic E-state index is 9.78. The molecule has 0 aromatic heterocycles. The standard InChI is InChI=1S/C15H15BrClNO/c1-10(11-2-5-14(17)6-3-11)18-9-12-8-13(16)4-7-15(12)19/h2-8,10,18-19H,9H2,1H3/t10-/m1/s1. The van der Waals surface area contributed by atoms with E-state index < -0.39 is 0 Å². The van der Waals surface area contributed by atoms with Crippen molar-refractivity contribution in [2.24, 2.45) is 0 Å². The molecule has 2 nitrogen and oxygen atoms in total. The van der Waals surface area contributed by atoms with Crippen molar-refractivity contribution >= 4 is 27.5 Å². The fraction of sp³-hybridized carbons (Fsp3) is 0.200. The molecule has 0 aliphatic rings. The van der Waals surface area contributed by atoms with Crippen LogP contribution >= 0.6 is 27.5 Å². The van der Waals surface area contributed by atoms with Crippen molar-refractivity contribution < 1.29 is 5.11 Å². The number of hydrogen-bond acceptors (Lipinski definition) is 2. The first-order chi connectivity index (χ1) is 9.06. The van der Waals surface area contributed by atoms with E-state index >= 15 is 0 Å². The van der Waals surface area contributed by atoms with Gasteiger partial charge in [-0.15, -0.1) is 0 Å². The van der Waals surface area contributed by atoms with Gasteiger partial charge in [0.2, 0.25) is 0 Å². The number of nitrogens with one attached hydrogen (secondary N) is 1. The van der Waals surface area contributed by atoms with Crippen LogP contribution in [0.3, 0.4) is 0 Å². The molecule has 2 rings (SSSR count). The van der Waals surface area contributed by atoms with Gasteiger partial charge in [-0.3, -0.25) is 0 Å². The molecule has 100 valence electrons. The summed E-state index contributed by atoms with van der Waals surface area (Å²) in [5.41, 5.74) is 2.04. The lowest BCUT2D eigenvalue weighted by molar-refractivity contribution is 0.460. The minimum Gasteiger partial charge on any atom is -0.508 e. The van der Waals surface area contributed by atoms with E-state index in [0.29, 0.717) is 12.3 Å². The average Bonchev–Trinajstić information content (AvgIpc) is 2.40. The molecule has 0 radical (unpaired) electrons. The Labute approximate surface area is 126 Å². The Kier molecular flexibility index (Phi) is 4.86. The number of aromatic hydroxyl groups is 1. The predicted octanol–water partition coefficient (Wildman–Crippen LogP) is 4.66. The number of hydrogen-bond donors (Lipinski definition) is 2. The molecule has 2 aromatic carbocycles. The van der Waals surface area contributed by atoms with Crippen molar-refractivity contribution in [3.05, 3.63) is 63.1 Å². The Morgan fingerprint density at radius 3 is 2.58 bits per heavy atom. The van der Waals surface area contributed by atoms with Crippen molar-refractivity contribution in [2.45, 2.75) is 19.5 Å². The summed E-state index contributed by atoms with van der Waals surface area (Å²) < 4.78 is 0.959.